The Balaban J connectivity index is 2.22. The molecule has 1 amide bonds. The van der Waals surface area contributed by atoms with Crippen molar-refractivity contribution in [2.75, 3.05) is 12.4 Å². The standard InChI is InChI=1S/C11H13N5O3/c1-6(14-11(17)18)10-15-9(16-19-10)7-3-4-13-8(5-7)12-2/h3-6,14H,1-2H3,(H,12,13)(H,17,18). The number of aromatic nitrogens is 3. The SMILES string of the molecule is CNc1cc(-c2noc(C(C)NC(=O)O)n2)ccn1. The maximum atomic E-state index is 10.5. The van der Waals surface area contributed by atoms with Gasteiger partial charge in [-0.15, -0.1) is 0 Å². The number of hydrogen-bond acceptors (Lipinski definition) is 6. The molecule has 8 heteroatoms. The molecule has 0 spiro atoms. The molecule has 2 aromatic heterocycles. The highest BCUT2D eigenvalue weighted by atomic mass is 16.5. The van der Waals surface area contributed by atoms with Gasteiger partial charge in [-0.2, -0.15) is 4.98 Å². The van der Waals surface area contributed by atoms with Crippen LogP contribution in [0.4, 0.5) is 10.6 Å². The average molecular weight is 263 g/mol. The van der Waals surface area contributed by atoms with Gasteiger partial charge in [0.05, 0.1) is 0 Å². The molecule has 2 rings (SSSR count). The third-order valence-corrected chi connectivity index (χ3v) is 2.43. The number of pyridine rings is 1. The second-order valence-electron chi connectivity index (χ2n) is 3.81. The fourth-order valence-electron chi connectivity index (χ4n) is 1.48. The number of amides is 1. The number of anilines is 1. The van der Waals surface area contributed by atoms with Crippen molar-refractivity contribution in [1.29, 1.82) is 0 Å². The van der Waals surface area contributed by atoms with Crippen LogP contribution in [0.25, 0.3) is 11.4 Å². The summed E-state index contributed by atoms with van der Waals surface area (Å²) in [5.74, 6) is 1.27. The summed E-state index contributed by atoms with van der Waals surface area (Å²) in [6, 6.07) is 2.94. The molecule has 0 bridgehead atoms. The number of carbonyl (C=O) groups is 1. The van der Waals surface area contributed by atoms with E-state index in [2.05, 4.69) is 25.8 Å². The summed E-state index contributed by atoms with van der Waals surface area (Å²) in [6.07, 6.45) is 0.476. The Morgan fingerprint density at radius 2 is 2.32 bits per heavy atom. The van der Waals surface area contributed by atoms with E-state index in [9.17, 15) is 4.79 Å². The van der Waals surface area contributed by atoms with E-state index < -0.39 is 12.1 Å². The van der Waals surface area contributed by atoms with Crippen molar-refractivity contribution < 1.29 is 14.4 Å². The largest absolute Gasteiger partial charge is 0.465 e. The van der Waals surface area contributed by atoms with Crippen molar-refractivity contribution in [3.05, 3.63) is 24.2 Å². The lowest BCUT2D eigenvalue weighted by molar-refractivity contribution is 0.187. The number of rotatable bonds is 4. The van der Waals surface area contributed by atoms with Crippen molar-refractivity contribution in [3.8, 4) is 11.4 Å². The van der Waals surface area contributed by atoms with Gasteiger partial charge < -0.3 is 20.3 Å². The van der Waals surface area contributed by atoms with Gasteiger partial charge in [0.2, 0.25) is 11.7 Å². The average Bonchev–Trinajstić information content (AvgIpc) is 2.88. The zero-order chi connectivity index (χ0) is 13.8. The van der Waals surface area contributed by atoms with Gasteiger partial charge in [-0.3, -0.25) is 0 Å². The van der Waals surface area contributed by atoms with Gasteiger partial charge in [-0.25, -0.2) is 9.78 Å². The van der Waals surface area contributed by atoms with Gasteiger partial charge >= 0.3 is 6.09 Å². The van der Waals surface area contributed by atoms with E-state index in [1.165, 1.54) is 0 Å². The van der Waals surface area contributed by atoms with Crippen molar-refractivity contribution in [1.82, 2.24) is 20.4 Å². The molecular weight excluding hydrogens is 250 g/mol. The molecule has 19 heavy (non-hydrogen) atoms. The van der Waals surface area contributed by atoms with Crippen LogP contribution in [0.1, 0.15) is 18.9 Å². The van der Waals surface area contributed by atoms with Crippen molar-refractivity contribution in [3.63, 3.8) is 0 Å². The number of nitrogens with one attached hydrogen (secondary N) is 2. The molecule has 1 atom stereocenters. The Bertz CT molecular complexity index is 583. The predicted octanol–water partition coefficient (Wildman–Crippen LogP) is 1.50. The van der Waals surface area contributed by atoms with Gasteiger partial charge in [0.25, 0.3) is 0 Å². The first kappa shape index (κ1) is 12.8. The summed E-state index contributed by atoms with van der Waals surface area (Å²) in [4.78, 5) is 18.8. The molecule has 2 heterocycles. The van der Waals surface area contributed by atoms with Gasteiger partial charge in [-0.05, 0) is 19.1 Å². The lowest BCUT2D eigenvalue weighted by Gasteiger charge is -2.04. The summed E-state index contributed by atoms with van der Waals surface area (Å²) in [7, 11) is 1.76. The van der Waals surface area contributed by atoms with Crippen LogP contribution < -0.4 is 10.6 Å². The zero-order valence-corrected chi connectivity index (χ0v) is 10.4. The first-order valence-corrected chi connectivity index (χ1v) is 5.57. The smallest absolute Gasteiger partial charge is 0.405 e. The Kier molecular flexibility index (Phi) is 3.60. The van der Waals surface area contributed by atoms with E-state index in [0.717, 1.165) is 5.56 Å². The quantitative estimate of drug-likeness (QED) is 0.765. The summed E-state index contributed by atoms with van der Waals surface area (Å²) < 4.78 is 5.03. The highest BCUT2D eigenvalue weighted by Crippen LogP contribution is 2.20. The van der Waals surface area contributed by atoms with E-state index in [1.807, 2.05) is 0 Å². The summed E-state index contributed by atoms with van der Waals surface area (Å²) in [5.41, 5.74) is 0.733. The second kappa shape index (κ2) is 5.34. The van der Waals surface area contributed by atoms with Gasteiger partial charge in [-0.1, -0.05) is 5.16 Å². The van der Waals surface area contributed by atoms with E-state index in [-0.39, 0.29) is 5.89 Å². The minimum absolute atomic E-state index is 0.209. The van der Waals surface area contributed by atoms with E-state index in [4.69, 9.17) is 9.63 Å². The Hall–Kier alpha value is -2.64. The van der Waals surface area contributed by atoms with Gasteiger partial charge in [0, 0.05) is 18.8 Å². The first-order valence-electron chi connectivity index (χ1n) is 5.57. The number of carboxylic acid groups (broad SMARTS) is 1. The third kappa shape index (κ3) is 2.97. The molecule has 2 aromatic rings. The van der Waals surface area contributed by atoms with E-state index >= 15 is 0 Å². The molecule has 0 aromatic carbocycles. The molecule has 100 valence electrons. The van der Waals surface area contributed by atoms with Crippen molar-refractivity contribution in [2.24, 2.45) is 0 Å². The minimum atomic E-state index is -1.14. The third-order valence-electron chi connectivity index (χ3n) is 2.43. The number of hydrogen-bond donors (Lipinski definition) is 3. The Morgan fingerprint density at radius 3 is 3.00 bits per heavy atom. The zero-order valence-electron chi connectivity index (χ0n) is 10.4. The van der Waals surface area contributed by atoms with Crippen LogP contribution in [-0.4, -0.2) is 33.4 Å². The van der Waals surface area contributed by atoms with Crippen LogP contribution in [0.2, 0.25) is 0 Å². The molecule has 0 radical (unpaired) electrons. The van der Waals surface area contributed by atoms with Crippen LogP contribution in [-0.2, 0) is 0 Å². The maximum Gasteiger partial charge on any atom is 0.405 e. The minimum Gasteiger partial charge on any atom is -0.465 e. The molecule has 3 N–H and O–H groups in total. The summed E-state index contributed by atoms with van der Waals surface area (Å²) in [6.45, 7) is 1.62. The topological polar surface area (TPSA) is 113 Å². The molecule has 0 aliphatic carbocycles. The van der Waals surface area contributed by atoms with Gasteiger partial charge in [0.1, 0.15) is 11.9 Å². The molecule has 0 aliphatic rings. The second-order valence-corrected chi connectivity index (χ2v) is 3.81. The van der Waals surface area contributed by atoms with Crippen LogP contribution in [0.3, 0.4) is 0 Å². The normalized spacial score (nSPS) is 11.9. The Labute approximate surface area is 108 Å². The van der Waals surface area contributed by atoms with E-state index in [1.54, 1.807) is 32.3 Å². The van der Waals surface area contributed by atoms with Crippen LogP contribution in [0.5, 0.6) is 0 Å². The van der Waals surface area contributed by atoms with Gasteiger partial charge in [0.15, 0.2) is 0 Å². The van der Waals surface area contributed by atoms with Crippen LogP contribution in [0, 0.1) is 0 Å². The highest BCUT2D eigenvalue weighted by Gasteiger charge is 2.16. The predicted molar refractivity (Wildman–Crippen MR) is 66.7 cm³/mol. The fraction of sp³-hybridized carbons (Fsp3) is 0.273. The molecule has 0 fully saturated rings. The monoisotopic (exact) mass is 263 g/mol. The molecule has 1 unspecified atom stereocenters. The highest BCUT2D eigenvalue weighted by molar-refractivity contribution is 5.65. The van der Waals surface area contributed by atoms with E-state index in [0.29, 0.717) is 11.6 Å². The molecule has 0 aliphatic heterocycles. The first-order chi connectivity index (χ1) is 9.10. The van der Waals surface area contributed by atoms with Crippen molar-refractivity contribution >= 4 is 11.9 Å². The Morgan fingerprint density at radius 1 is 1.53 bits per heavy atom. The molecule has 0 saturated carbocycles. The van der Waals surface area contributed by atoms with Crippen LogP contribution >= 0.6 is 0 Å². The van der Waals surface area contributed by atoms with Crippen molar-refractivity contribution in [2.45, 2.75) is 13.0 Å². The summed E-state index contributed by atoms with van der Waals surface area (Å²) >= 11 is 0. The maximum absolute atomic E-state index is 10.5. The van der Waals surface area contributed by atoms with Crippen LogP contribution in [0.15, 0.2) is 22.9 Å². The molecule has 0 saturated heterocycles. The molecule has 8 nitrogen and oxygen atoms in total. The number of nitrogens with zero attached hydrogens (tertiary/aromatic N) is 3. The summed E-state index contributed by atoms with van der Waals surface area (Å²) in [5, 5.41) is 17.6. The molecular formula is C11H13N5O3. The fourth-order valence-corrected chi connectivity index (χ4v) is 1.48. The lowest BCUT2D eigenvalue weighted by Crippen LogP contribution is -2.24. The lowest BCUT2D eigenvalue weighted by atomic mass is 10.2.